The summed E-state index contributed by atoms with van der Waals surface area (Å²) in [5, 5.41) is 3.12. The van der Waals surface area contributed by atoms with Crippen LogP contribution >= 0.6 is 0 Å². The minimum absolute atomic E-state index is 0.121. The summed E-state index contributed by atoms with van der Waals surface area (Å²) < 4.78 is 19.9. The third-order valence-corrected chi connectivity index (χ3v) is 5.69. The van der Waals surface area contributed by atoms with Crippen molar-refractivity contribution in [3.05, 3.63) is 24.0 Å². The van der Waals surface area contributed by atoms with Gasteiger partial charge in [-0.1, -0.05) is 6.07 Å². The van der Waals surface area contributed by atoms with Crippen molar-refractivity contribution in [2.75, 3.05) is 50.1 Å². The molecule has 1 aromatic rings. The molecule has 1 N–H and O–H groups in total. The van der Waals surface area contributed by atoms with Crippen molar-refractivity contribution in [3.8, 4) is 0 Å². The lowest BCUT2D eigenvalue weighted by atomic mass is 9.95. The molecule has 2 atom stereocenters. The first kappa shape index (κ1) is 15.2. The molecule has 126 valence electrons. The average molecular weight is 319 g/mol. The number of likely N-dealkylation sites (tertiary alicyclic amines) is 1. The summed E-state index contributed by atoms with van der Waals surface area (Å²) in [6.07, 6.45) is 4.00. The molecule has 3 saturated heterocycles. The highest BCUT2D eigenvalue weighted by Gasteiger charge is 2.39. The van der Waals surface area contributed by atoms with Gasteiger partial charge in [0.15, 0.2) is 0 Å². The summed E-state index contributed by atoms with van der Waals surface area (Å²) in [4.78, 5) is 4.83. The second kappa shape index (κ2) is 6.29. The zero-order valence-corrected chi connectivity index (χ0v) is 13.8. The van der Waals surface area contributed by atoms with E-state index in [1.54, 1.807) is 12.1 Å². The lowest BCUT2D eigenvalue weighted by molar-refractivity contribution is 0.0227. The van der Waals surface area contributed by atoms with Gasteiger partial charge >= 0.3 is 0 Å². The molecule has 4 nitrogen and oxygen atoms in total. The molecule has 2 unspecified atom stereocenters. The normalized spacial score (nSPS) is 28.5. The Hall–Kier alpha value is -1.33. The molecule has 0 radical (unpaired) electrons. The second-order valence-corrected chi connectivity index (χ2v) is 7.12. The van der Waals surface area contributed by atoms with Gasteiger partial charge in [0.05, 0.1) is 24.1 Å². The highest BCUT2D eigenvalue weighted by molar-refractivity contribution is 5.70. The van der Waals surface area contributed by atoms with Crippen LogP contribution in [0.15, 0.2) is 18.2 Å². The SMILES string of the molecule is CNc1cccc(F)c1N1CCC(CN2CC3CC2CO3)CC1. The fraction of sp³-hybridized carbons (Fsp3) is 0.667. The van der Waals surface area contributed by atoms with E-state index in [9.17, 15) is 4.39 Å². The van der Waals surface area contributed by atoms with Crippen molar-refractivity contribution < 1.29 is 9.13 Å². The first-order chi connectivity index (χ1) is 11.2. The maximum absolute atomic E-state index is 14.2. The number of hydrogen-bond donors (Lipinski definition) is 1. The van der Waals surface area contributed by atoms with Crippen LogP contribution in [0.4, 0.5) is 15.8 Å². The van der Waals surface area contributed by atoms with Gasteiger partial charge in [0.2, 0.25) is 0 Å². The highest BCUT2D eigenvalue weighted by atomic mass is 19.1. The third-order valence-electron chi connectivity index (χ3n) is 5.69. The summed E-state index contributed by atoms with van der Waals surface area (Å²) in [5.41, 5.74) is 1.62. The van der Waals surface area contributed by atoms with Crippen LogP contribution in [0.2, 0.25) is 0 Å². The Morgan fingerprint density at radius 1 is 1.30 bits per heavy atom. The summed E-state index contributed by atoms with van der Waals surface area (Å²) in [6.45, 7) is 5.11. The zero-order chi connectivity index (χ0) is 15.8. The number of piperidine rings is 1. The van der Waals surface area contributed by atoms with Crippen LogP contribution in [0.3, 0.4) is 0 Å². The van der Waals surface area contributed by atoms with Gasteiger partial charge in [-0.15, -0.1) is 0 Å². The summed E-state index contributed by atoms with van der Waals surface area (Å²) in [5.74, 6) is 0.611. The third kappa shape index (κ3) is 2.92. The molecule has 2 bridgehead atoms. The van der Waals surface area contributed by atoms with Crippen molar-refractivity contribution >= 4 is 11.4 Å². The predicted octanol–water partition coefficient (Wildman–Crippen LogP) is 2.56. The van der Waals surface area contributed by atoms with E-state index in [1.165, 1.54) is 13.0 Å². The molecule has 0 amide bonds. The molecule has 3 aliphatic heterocycles. The van der Waals surface area contributed by atoms with Gasteiger partial charge in [0.1, 0.15) is 5.82 Å². The Morgan fingerprint density at radius 2 is 2.13 bits per heavy atom. The summed E-state index contributed by atoms with van der Waals surface area (Å²) in [7, 11) is 1.86. The van der Waals surface area contributed by atoms with Crippen LogP contribution < -0.4 is 10.2 Å². The predicted molar refractivity (Wildman–Crippen MR) is 90.6 cm³/mol. The number of para-hydroxylation sites is 1. The van der Waals surface area contributed by atoms with Crippen LogP contribution in [-0.2, 0) is 4.74 Å². The molecule has 4 rings (SSSR count). The maximum atomic E-state index is 14.2. The first-order valence-electron chi connectivity index (χ1n) is 8.81. The van der Waals surface area contributed by atoms with Crippen molar-refractivity contribution in [3.63, 3.8) is 0 Å². The van der Waals surface area contributed by atoms with Gasteiger partial charge in [0.25, 0.3) is 0 Å². The monoisotopic (exact) mass is 319 g/mol. The van der Waals surface area contributed by atoms with Gasteiger partial charge < -0.3 is 15.0 Å². The van der Waals surface area contributed by atoms with Gasteiger partial charge in [-0.3, -0.25) is 4.90 Å². The van der Waals surface area contributed by atoms with Crippen LogP contribution in [0.5, 0.6) is 0 Å². The molecular weight excluding hydrogens is 293 g/mol. The number of anilines is 2. The molecule has 3 heterocycles. The van der Waals surface area contributed by atoms with Crippen LogP contribution in [-0.4, -0.2) is 56.9 Å². The molecule has 0 spiro atoms. The number of hydrogen-bond acceptors (Lipinski definition) is 4. The molecular formula is C18H26FN3O. The van der Waals surface area contributed by atoms with E-state index in [0.717, 1.165) is 56.4 Å². The van der Waals surface area contributed by atoms with E-state index < -0.39 is 0 Å². The lowest BCUT2D eigenvalue weighted by Gasteiger charge is -2.37. The van der Waals surface area contributed by atoms with Crippen LogP contribution in [0.1, 0.15) is 19.3 Å². The van der Waals surface area contributed by atoms with E-state index in [1.807, 2.05) is 13.1 Å². The first-order valence-corrected chi connectivity index (χ1v) is 8.81. The van der Waals surface area contributed by atoms with E-state index in [-0.39, 0.29) is 5.82 Å². The Bertz CT molecular complexity index is 559. The Morgan fingerprint density at radius 3 is 2.78 bits per heavy atom. The molecule has 0 aromatic heterocycles. The Balaban J connectivity index is 1.36. The summed E-state index contributed by atoms with van der Waals surface area (Å²) in [6, 6.07) is 5.93. The standard InChI is InChI=1S/C18H26FN3O/c1-20-17-4-2-3-16(19)18(17)21-7-5-13(6-8-21)10-22-11-15-9-14(22)12-23-15/h2-4,13-15,20H,5-12H2,1H3. The number of halogens is 1. The molecule has 0 saturated carbocycles. The molecule has 5 heteroatoms. The molecule has 1 aromatic carbocycles. The van der Waals surface area contributed by atoms with E-state index in [0.29, 0.717) is 12.1 Å². The van der Waals surface area contributed by atoms with E-state index >= 15 is 0 Å². The number of fused-ring (bicyclic) bond motifs is 2. The van der Waals surface area contributed by atoms with Gasteiger partial charge in [-0.05, 0) is 37.3 Å². The van der Waals surface area contributed by atoms with Gasteiger partial charge in [-0.25, -0.2) is 4.39 Å². The Kier molecular flexibility index (Phi) is 4.16. The minimum atomic E-state index is -0.121. The average Bonchev–Trinajstić information content (AvgIpc) is 3.18. The van der Waals surface area contributed by atoms with Crippen LogP contribution in [0.25, 0.3) is 0 Å². The number of nitrogens with one attached hydrogen (secondary N) is 1. The smallest absolute Gasteiger partial charge is 0.148 e. The molecule has 3 fully saturated rings. The zero-order valence-electron chi connectivity index (χ0n) is 13.8. The van der Waals surface area contributed by atoms with Crippen molar-refractivity contribution in [2.24, 2.45) is 5.92 Å². The second-order valence-electron chi connectivity index (χ2n) is 7.12. The van der Waals surface area contributed by atoms with Crippen molar-refractivity contribution in [2.45, 2.75) is 31.4 Å². The minimum Gasteiger partial charge on any atom is -0.386 e. The Labute approximate surface area is 137 Å². The molecule has 23 heavy (non-hydrogen) atoms. The van der Waals surface area contributed by atoms with E-state index in [4.69, 9.17) is 4.74 Å². The lowest BCUT2D eigenvalue weighted by Crippen LogP contribution is -2.43. The summed E-state index contributed by atoms with van der Waals surface area (Å²) >= 11 is 0. The fourth-order valence-electron chi connectivity index (χ4n) is 4.41. The van der Waals surface area contributed by atoms with Crippen molar-refractivity contribution in [1.82, 2.24) is 4.90 Å². The van der Waals surface area contributed by atoms with Gasteiger partial charge in [0, 0.05) is 39.3 Å². The topological polar surface area (TPSA) is 27.7 Å². The fourth-order valence-corrected chi connectivity index (χ4v) is 4.41. The number of benzene rings is 1. The maximum Gasteiger partial charge on any atom is 0.148 e. The number of morpholine rings is 1. The highest BCUT2D eigenvalue weighted by Crippen LogP contribution is 2.34. The molecule has 3 aliphatic rings. The van der Waals surface area contributed by atoms with Crippen LogP contribution in [0, 0.1) is 11.7 Å². The number of rotatable bonds is 4. The number of ether oxygens (including phenoxy) is 1. The number of nitrogens with zero attached hydrogens (tertiary/aromatic N) is 2. The van der Waals surface area contributed by atoms with Gasteiger partial charge in [-0.2, -0.15) is 0 Å². The molecule has 0 aliphatic carbocycles. The quantitative estimate of drug-likeness (QED) is 0.923. The van der Waals surface area contributed by atoms with E-state index in [2.05, 4.69) is 15.1 Å². The largest absolute Gasteiger partial charge is 0.386 e. The van der Waals surface area contributed by atoms with Crippen molar-refractivity contribution in [1.29, 1.82) is 0 Å².